The van der Waals surface area contributed by atoms with Crippen LogP contribution in [-0.4, -0.2) is 6.36 Å². The Labute approximate surface area is 177 Å². The second-order valence-corrected chi connectivity index (χ2v) is 8.09. The van der Waals surface area contributed by atoms with Crippen molar-refractivity contribution in [2.45, 2.75) is 70.6 Å². The van der Waals surface area contributed by atoms with Gasteiger partial charge in [0, 0.05) is 11.5 Å². The Balaban J connectivity index is 1.48. The molecular formula is C26H29F3O. The summed E-state index contributed by atoms with van der Waals surface area (Å²) in [6, 6.07) is 14.9. The van der Waals surface area contributed by atoms with E-state index in [1.807, 2.05) is 0 Å². The molecule has 1 nitrogen and oxygen atoms in total. The van der Waals surface area contributed by atoms with Gasteiger partial charge >= 0.3 is 6.36 Å². The molecule has 0 radical (unpaired) electrons. The minimum Gasteiger partial charge on any atom is -0.406 e. The lowest BCUT2D eigenvalue weighted by atomic mass is 9.78. The van der Waals surface area contributed by atoms with Crippen molar-refractivity contribution in [3.8, 4) is 17.6 Å². The number of alkyl halides is 3. The third-order valence-corrected chi connectivity index (χ3v) is 5.76. The summed E-state index contributed by atoms with van der Waals surface area (Å²) in [7, 11) is 0. The van der Waals surface area contributed by atoms with Crippen LogP contribution in [0.4, 0.5) is 13.2 Å². The van der Waals surface area contributed by atoms with Crippen molar-refractivity contribution in [2.24, 2.45) is 5.92 Å². The summed E-state index contributed by atoms with van der Waals surface area (Å²) < 4.78 is 40.5. The Hall–Kier alpha value is -2.41. The SMILES string of the molecule is CCCCCc1ccc([C@H]2CC[C@H](C#Cc3ccc(OC(F)(F)F)cc3)CC2)cc1. The number of hydrogen-bond acceptors (Lipinski definition) is 1. The second-order valence-electron chi connectivity index (χ2n) is 8.09. The molecular weight excluding hydrogens is 385 g/mol. The van der Waals surface area contributed by atoms with Gasteiger partial charge in [-0.05, 0) is 79.8 Å². The van der Waals surface area contributed by atoms with Gasteiger partial charge < -0.3 is 4.74 Å². The zero-order valence-electron chi connectivity index (χ0n) is 17.5. The molecule has 2 aromatic rings. The molecule has 0 aliphatic heterocycles. The molecule has 160 valence electrons. The summed E-state index contributed by atoms with van der Waals surface area (Å²) in [5.41, 5.74) is 3.57. The minimum absolute atomic E-state index is 0.218. The topological polar surface area (TPSA) is 9.23 Å². The van der Waals surface area contributed by atoms with Gasteiger partial charge in [0.1, 0.15) is 5.75 Å². The largest absolute Gasteiger partial charge is 0.573 e. The molecule has 0 unspecified atom stereocenters. The summed E-state index contributed by atoms with van der Waals surface area (Å²) in [6.45, 7) is 2.23. The maximum atomic E-state index is 12.2. The maximum absolute atomic E-state index is 12.2. The van der Waals surface area contributed by atoms with Crippen LogP contribution in [0, 0.1) is 17.8 Å². The highest BCUT2D eigenvalue weighted by Crippen LogP contribution is 2.35. The van der Waals surface area contributed by atoms with Crippen molar-refractivity contribution in [1.29, 1.82) is 0 Å². The van der Waals surface area contributed by atoms with Crippen molar-refractivity contribution >= 4 is 0 Å². The number of hydrogen-bond donors (Lipinski definition) is 0. The standard InChI is InChI=1S/C26H29F3O/c1-2-3-4-5-20-8-14-23(15-9-20)24-16-10-21(11-17-24)6-7-22-12-18-25(19-13-22)30-26(27,28)29/h8-9,12-15,18-19,21,24H,2-5,10-11,16-17H2,1H3/t21-,24-. The average Bonchev–Trinajstić information content (AvgIpc) is 2.73. The van der Waals surface area contributed by atoms with Gasteiger partial charge in [-0.15, -0.1) is 13.2 Å². The van der Waals surface area contributed by atoms with Crippen molar-refractivity contribution in [2.75, 3.05) is 0 Å². The second kappa shape index (κ2) is 10.6. The van der Waals surface area contributed by atoms with Gasteiger partial charge in [-0.3, -0.25) is 0 Å². The van der Waals surface area contributed by atoms with Crippen LogP contribution in [0.1, 0.15) is 74.5 Å². The Morgan fingerprint density at radius 2 is 1.57 bits per heavy atom. The number of benzene rings is 2. The van der Waals surface area contributed by atoms with E-state index in [1.165, 1.54) is 48.9 Å². The van der Waals surface area contributed by atoms with Crippen LogP contribution >= 0.6 is 0 Å². The highest BCUT2D eigenvalue weighted by molar-refractivity contribution is 5.38. The van der Waals surface area contributed by atoms with Crippen LogP contribution in [0.5, 0.6) is 5.75 Å². The number of unbranched alkanes of at least 4 members (excludes halogenated alkanes) is 2. The molecule has 3 rings (SSSR count). The van der Waals surface area contributed by atoms with Crippen molar-refractivity contribution in [3.63, 3.8) is 0 Å². The van der Waals surface area contributed by atoms with Crippen molar-refractivity contribution in [3.05, 3.63) is 65.2 Å². The predicted molar refractivity (Wildman–Crippen MR) is 114 cm³/mol. The predicted octanol–water partition coefficient (Wildman–Crippen LogP) is 7.64. The van der Waals surface area contributed by atoms with Crippen LogP contribution in [0.3, 0.4) is 0 Å². The first-order valence-electron chi connectivity index (χ1n) is 10.9. The van der Waals surface area contributed by atoms with Gasteiger partial charge in [-0.2, -0.15) is 0 Å². The van der Waals surface area contributed by atoms with Gasteiger partial charge in [-0.1, -0.05) is 55.9 Å². The Kier molecular flexibility index (Phi) is 7.85. The molecule has 1 saturated carbocycles. The molecule has 30 heavy (non-hydrogen) atoms. The maximum Gasteiger partial charge on any atom is 0.573 e. The van der Waals surface area contributed by atoms with Crippen LogP contribution < -0.4 is 4.74 Å². The normalized spacial score (nSPS) is 19.1. The molecule has 1 aliphatic rings. The fourth-order valence-electron chi connectivity index (χ4n) is 4.03. The zero-order chi connectivity index (χ0) is 21.4. The summed E-state index contributed by atoms with van der Waals surface area (Å²) in [5.74, 6) is 7.14. The van der Waals surface area contributed by atoms with Crippen LogP contribution in [0.25, 0.3) is 0 Å². The Morgan fingerprint density at radius 3 is 2.17 bits per heavy atom. The fourth-order valence-corrected chi connectivity index (χ4v) is 4.03. The van der Waals surface area contributed by atoms with Crippen molar-refractivity contribution < 1.29 is 17.9 Å². The van der Waals surface area contributed by atoms with E-state index in [9.17, 15) is 13.2 Å². The number of halogens is 3. The number of ether oxygens (including phenoxy) is 1. The monoisotopic (exact) mass is 414 g/mol. The van der Waals surface area contributed by atoms with E-state index in [4.69, 9.17) is 0 Å². The van der Waals surface area contributed by atoms with E-state index in [2.05, 4.69) is 47.8 Å². The first-order valence-corrected chi connectivity index (χ1v) is 10.9. The molecule has 0 bridgehead atoms. The van der Waals surface area contributed by atoms with Crippen LogP contribution in [0.15, 0.2) is 48.5 Å². The van der Waals surface area contributed by atoms with E-state index in [1.54, 1.807) is 12.1 Å². The third-order valence-electron chi connectivity index (χ3n) is 5.76. The molecule has 0 saturated heterocycles. The smallest absolute Gasteiger partial charge is 0.406 e. The average molecular weight is 415 g/mol. The van der Waals surface area contributed by atoms with Gasteiger partial charge in [0.15, 0.2) is 0 Å². The highest BCUT2D eigenvalue weighted by Gasteiger charge is 2.30. The lowest BCUT2D eigenvalue weighted by Crippen LogP contribution is -2.16. The fraction of sp³-hybridized carbons (Fsp3) is 0.462. The van der Waals surface area contributed by atoms with Gasteiger partial charge in [0.2, 0.25) is 0 Å². The summed E-state index contributed by atoms with van der Waals surface area (Å²) in [6.07, 6.45) is 4.69. The molecule has 0 atom stereocenters. The summed E-state index contributed by atoms with van der Waals surface area (Å²) in [5, 5.41) is 0. The van der Waals surface area contributed by atoms with Crippen LogP contribution in [0.2, 0.25) is 0 Å². The van der Waals surface area contributed by atoms with E-state index < -0.39 is 6.36 Å². The Morgan fingerprint density at radius 1 is 0.900 bits per heavy atom. The molecule has 1 fully saturated rings. The van der Waals surface area contributed by atoms with E-state index in [-0.39, 0.29) is 5.75 Å². The third kappa shape index (κ3) is 7.13. The molecule has 0 aromatic heterocycles. The lowest BCUT2D eigenvalue weighted by molar-refractivity contribution is -0.274. The Bertz CT molecular complexity index is 833. The number of aryl methyl sites for hydroxylation is 1. The van der Waals surface area contributed by atoms with Gasteiger partial charge in [0.05, 0.1) is 0 Å². The van der Waals surface area contributed by atoms with Gasteiger partial charge in [0.25, 0.3) is 0 Å². The van der Waals surface area contributed by atoms with Crippen molar-refractivity contribution in [1.82, 2.24) is 0 Å². The molecule has 0 spiro atoms. The first-order chi connectivity index (χ1) is 14.4. The molecule has 1 aliphatic carbocycles. The molecule has 0 amide bonds. The number of rotatable bonds is 6. The summed E-state index contributed by atoms with van der Waals surface area (Å²) >= 11 is 0. The first kappa shape index (κ1) is 22.3. The molecule has 0 heterocycles. The van der Waals surface area contributed by atoms with E-state index in [0.717, 1.165) is 25.7 Å². The molecule has 0 N–H and O–H groups in total. The molecule has 4 heteroatoms. The zero-order valence-corrected chi connectivity index (χ0v) is 17.5. The summed E-state index contributed by atoms with van der Waals surface area (Å²) in [4.78, 5) is 0. The lowest BCUT2D eigenvalue weighted by Gasteiger charge is -2.26. The van der Waals surface area contributed by atoms with E-state index >= 15 is 0 Å². The minimum atomic E-state index is -4.67. The van der Waals surface area contributed by atoms with E-state index in [0.29, 0.717) is 17.4 Å². The van der Waals surface area contributed by atoms with Gasteiger partial charge in [-0.25, -0.2) is 0 Å². The highest BCUT2D eigenvalue weighted by atomic mass is 19.4. The molecule has 2 aromatic carbocycles. The quantitative estimate of drug-likeness (QED) is 0.348. The van der Waals surface area contributed by atoms with Crippen LogP contribution in [-0.2, 0) is 6.42 Å².